The number of amides is 1. The molecule has 6 nitrogen and oxygen atoms in total. The molecule has 0 unspecified atom stereocenters. The second-order valence-corrected chi connectivity index (χ2v) is 11.0. The standard InChI is InChI=1S/C26H26ClN5OS2/c1-16-11-12-18(13-17(16)2)22-14-34-25(28-22)29-23(33)15-35-26-31-30-24(20-9-5-6-10-21(20)27)32(26)19-7-3-4-8-19/h5-6,9-14,19H,3-4,7-8,15H2,1-2H3,(H,28,29,33). The average Bonchev–Trinajstić information content (AvgIpc) is 3.61. The normalized spacial score (nSPS) is 13.9. The van der Waals surface area contributed by atoms with Crippen molar-refractivity contribution in [2.45, 2.75) is 50.7 Å². The van der Waals surface area contributed by atoms with E-state index in [1.54, 1.807) is 0 Å². The molecule has 0 radical (unpaired) electrons. The van der Waals surface area contributed by atoms with Gasteiger partial charge in [0.2, 0.25) is 5.91 Å². The molecule has 2 aromatic heterocycles. The number of thiazole rings is 1. The highest BCUT2D eigenvalue weighted by Crippen LogP contribution is 2.38. The molecule has 0 bridgehead atoms. The first-order valence-corrected chi connectivity index (χ1v) is 13.9. The molecular formula is C26H26ClN5OS2. The fourth-order valence-electron chi connectivity index (χ4n) is 4.34. The average molecular weight is 524 g/mol. The number of thioether (sulfide) groups is 1. The van der Waals surface area contributed by atoms with Gasteiger partial charge in [0.05, 0.1) is 16.5 Å². The quantitative estimate of drug-likeness (QED) is 0.260. The minimum Gasteiger partial charge on any atom is -0.301 e. The molecule has 0 aliphatic heterocycles. The van der Waals surface area contributed by atoms with Gasteiger partial charge >= 0.3 is 0 Å². The van der Waals surface area contributed by atoms with Crippen molar-refractivity contribution in [2.75, 3.05) is 11.1 Å². The van der Waals surface area contributed by atoms with E-state index in [-0.39, 0.29) is 11.7 Å². The number of aryl methyl sites for hydroxylation is 2. The molecule has 5 rings (SSSR count). The number of carbonyl (C=O) groups excluding carboxylic acids is 1. The van der Waals surface area contributed by atoms with Crippen LogP contribution in [0.5, 0.6) is 0 Å². The van der Waals surface area contributed by atoms with E-state index in [2.05, 4.69) is 57.1 Å². The van der Waals surface area contributed by atoms with Crippen molar-refractivity contribution >= 4 is 45.7 Å². The summed E-state index contributed by atoms with van der Waals surface area (Å²) in [6.07, 6.45) is 4.52. The SMILES string of the molecule is Cc1ccc(-c2csc(NC(=O)CSc3nnc(-c4ccccc4Cl)n3C3CCCC3)n2)cc1C. The fourth-order valence-corrected chi connectivity index (χ4v) is 6.10. The fraction of sp³-hybridized carbons (Fsp3) is 0.308. The van der Waals surface area contributed by atoms with Crippen LogP contribution in [0.15, 0.2) is 53.0 Å². The molecule has 1 amide bonds. The van der Waals surface area contributed by atoms with E-state index in [0.717, 1.165) is 40.6 Å². The van der Waals surface area contributed by atoms with Gasteiger partial charge in [-0.1, -0.05) is 60.5 Å². The van der Waals surface area contributed by atoms with Crippen LogP contribution >= 0.6 is 34.7 Å². The molecule has 4 aromatic rings. The van der Waals surface area contributed by atoms with Gasteiger partial charge in [-0.15, -0.1) is 21.5 Å². The Morgan fingerprint density at radius 2 is 1.94 bits per heavy atom. The predicted octanol–water partition coefficient (Wildman–Crippen LogP) is 7.18. The van der Waals surface area contributed by atoms with Gasteiger partial charge in [-0.05, 0) is 56.0 Å². The van der Waals surface area contributed by atoms with Crippen LogP contribution in [0.25, 0.3) is 22.6 Å². The van der Waals surface area contributed by atoms with Gasteiger partial charge < -0.3 is 5.32 Å². The molecule has 0 saturated heterocycles. The van der Waals surface area contributed by atoms with Crippen LogP contribution < -0.4 is 5.32 Å². The summed E-state index contributed by atoms with van der Waals surface area (Å²) < 4.78 is 2.17. The second kappa shape index (κ2) is 10.5. The highest BCUT2D eigenvalue weighted by atomic mass is 35.5. The number of hydrogen-bond acceptors (Lipinski definition) is 6. The first-order valence-electron chi connectivity index (χ1n) is 11.6. The van der Waals surface area contributed by atoms with Gasteiger partial charge in [-0.25, -0.2) is 4.98 Å². The summed E-state index contributed by atoms with van der Waals surface area (Å²) in [5.74, 6) is 0.881. The summed E-state index contributed by atoms with van der Waals surface area (Å²) in [5.41, 5.74) is 5.26. The van der Waals surface area contributed by atoms with Crippen molar-refractivity contribution in [3.8, 4) is 22.6 Å². The van der Waals surface area contributed by atoms with Gasteiger partial charge in [0.1, 0.15) is 0 Å². The van der Waals surface area contributed by atoms with Crippen LogP contribution in [-0.4, -0.2) is 31.4 Å². The van der Waals surface area contributed by atoms with Gasteiger partial charge in [-0.3, -0.25) is 9.36 Å². The monoisotopic (exact) mass is 523 g/mol. The Bertz CT molecular complexity index is 1360. The number of hydrogen-bond donors (Lipinski definition) is 1. The minimum absolute atomic E-state index is 0.115. The lowest BCUT2D eigenvalue weighted by Gasteiger charge is -2.17. The third-order valence-corrected chi connectivity index (χ3v) is 8.39. The Morgan fingerprint density at radius 3 is 2.71 bits per heavy atom. The van der Waals surface area contributed by atoms with E-state index < -0.39 is 0 Å². The number of carbonyl (C=O) groups is 1. The molecule has 0 atom stereocenters. The van der Waals surface area contributed by atoms with E-state index in [0.29, 0.717) is 16.2 Å². The van der Waals surface area contributed by atoms with E-state index in [9.17, 15) is 4.79 Å². The number of nitrogens with zero attached hydrogens (tertiary/aromatic N) is 4. The van der Waals surface area contributed by atoms with Crippen LogP contribution in [0.2, 0.25) is 5.02 Å². The molecule has 2 heterocycles. The molecule has 1 fully saturated rings. The maximum Gasteiger partial charge on any atom is 0.236 e. The molecule has 2 aromatic carbocycles. The summed E-state index contributed by atoms with van der Waals surface area (Å²) in [5, 5.41) is 15.8. The molecule has 1 aliphatic rings. The third-order valence-electron chi connectivity index (χ3n) is 6.35. The molecule has 180 valence electrons. The molecule has 1 N–H and O–H groups in total. The summed E-state index contributed by atoms with van der Waals surface area (Å²) in [4.78, 5) is 17.4. The van der Waals surface area contributed by atoms with Crippen LogP contribution in [0.3, 0.4) is 0 Å². The maximum atomic E-state index is 12.7. The molecule has 1 saturated carbocycles. The van der Waals surface area contributed by atoms with E-state index in [1.807, 2.05) is 29.6 Å². The number of aromatic nitrogens is 4. The number of halogens is 1. The first-order chi connectivity index (χ1) is 17.0. The molecule has 35 heavy (non-hydrogen) atoms. The lowest BCUT2D eigenvalue weighted by molar-refractivity contribution is -0.113. The highest BCUT2D eigenvalue weighted by molar-refractivity contribution is 7.99. The van der Waals surface area contributed by atoms with Gasteiger partial charge in [-0.2, -0.15) is 0 Å². The Labute approximate surface area is 218 Å². The minimum atomic E-state index is -0.115. The van der Waals surface area contributed by atoms with Crippen molar-refractivity contribution in [2.24, 2.45) is 0 Å². The number of nitrogens with one attached hydrogen (secondary N) is 1. The zero-order valence-electron chi connectivity index (χ0n) is 19.6. The Kier molecular flexibility index (Phi) is 7.22. The lowest BCUT2D eigenvalue weighted by Crippen LogP contribution is -2.15. The molecular weight excluding hydrogens is 498 g/mol. The zero-order chi connectivity index (χ0) is 24.4. The van der Waals surface area contributed by atoms with Gasteiger partial charge in [0.15, 0.2) is 16.1 Å². The number of rotatable bonds is 7. The van der Waals surface area contributed by atoms with Crippen molar-refractivity contribution in [3.05, 3.63) is 64.0 Å². The van der Waals surface area contributed by atoms with Gasteiger partial charge in [0, 0.05) is 22.5 Å². The Balaban J connectivity index is 1.29. The van der Waals surface area contributed by atoms with Crippen LogP contribution in [0, 0.1) is 13.8 Å². The number of benzene rings is 2. The predicted molar refractivity (Wildman–Crippen MR) is 144 cm³/mol. The number of anilines is 1. The zero-order valence-corrected chi connectivity index (χ0v) is 22.0. The largest absolute Gasteiger partial charge is 0.301 e. The molecule has 9 heteroatoms. The molecule has 1 aliphatic carbocycles. The van der Waals surface area contributed by atoms with E-state index >= 15 is 0 Å². The summed E-state index contributed by atoms with van der Waals surface area (Å²) >= 11 is 9.30. The summed E-state index contributed by atoms with van der Waals surface area (Å²) in [6, 6.07) is 14.3. The lowest BCUT2D eigenvalue weighted by atomic mass is 10.1. The second-order valence-electron chi connectivity index (χ2n) is 8.77. The van der Waals surface area contributed by atoms with Crippen LogP contribution in [0.4, 0.5) is 5.13 Å². The van der Waals surface area contributed by atoms with Crippen molar-refractivity contribution in [1.82, 2.24) is 19.7 Å². The smallest absolute Gasteiger partial charge is 0.236 e. The Hall–Kier alpha value is -2.68. The van der Waals surface area contributed by atoms with E-state index in [4.69, 9.17) is 11.6 Å². The summed E-state index contributed by atoms with van der Waals surface area (Å²) in [7, 11) is 0. The maximum absolute atomic E-state index is 12.7. The Morgan fingerprint density at radius 1 is 1.14 bits per heavy atom. The highest BCUT2D eigenvalue weighted by Gasteiger charge is 2.26. The van der Waals surface area contributed by atoms with Gasteiger partial charge in [0.25, 0.3) is 0 Å². The first kappa shape index (κ1) is 24.0. The summed E-state index contributed by atoms with van der Waals surface area (Å²) in [6.45, 7) is 4.18. The van der Waals surface area contributed by atoms with Crippen molar-refractivity contribution < 1.29 is 4.79 Å². The molecule has 0 spiro atoms. The van der Waals surface area contributed by atoms with E-state index in [1.165, 1.54) is 47.1 Å². The van der Waals surface area contributed by atoms with Crippen molar-refractivity contribution in [1.29, 1.82) is 0 Å². The van der Waals surface area contributed by atoms with Crippen LogP contribution in [-0.2, 0) is 4.79 Å². The van der Waals surface area contributed by atoms with Crippen molar-refractivity contribution in [3.63, 3.8) is 0 Å². The third kappa shape index (κ3) is 5.29. The van der Waals surface area contributed by atoms with Crippen LogP contribution in [0.1, 0.15) is 42.9 Å². The topological polar surface area (TPSA) is 72.7 Å².